The summed E-state index contributed by atoms with van der Waals surface area (Å²) >= 11 is 0.954. The number of carbonyl (C=O) groups excluding carboxylic acids is 1. The van der Waals surface area contributed by atoms with Gasteiger partial charge in [-0.3, -0.25) is 9.78 Å². The third-order valence-corrected chi connectivity index (χ3v) is 3.46. The van der Waals surface area contributed by atoms with Crippen molar-refractivity contribution < 1.29 is 14.7 Å². The lowest BCUT2D eigenvalue weighted by Crippen LogP contribution is -2.10. The number of anilines is 1. The normalized spacial score (nSPS) is 10.2. The summed E-state index contributed by atoms with van der Waals surface area (Å²) in [5, 5.41) is 12.1. The Bertz CT molecular complexity index is 625. The minimum atomic E-state index is -1.06. The Morgan fingerprint density at radius 2 is 2.05 bits per heavy atom. The van der Waals surface area contributed by atoms with Crippen molar-refractivity contribution in [1.29, 1.82) is 0 Å². The van der Waals surface area contributed by atoms with Gasteiger partial charge in [0.15, 0.2) is 5.13 Å². The van der Waals surface area contributed by atoms with Gasteiger partial charge < -0.3 is 10.4 Å². The van der Waals surface area contributed by atoms with E-state index >= 15 is 0 Å². The van der Waals surface area contributed by atoms with Crippen molar-refractivity contribution in [2.45, 2.75) is 19.8 Å². The highest BCUT2D eigenvalue weighted by molar-refractivity contribution is 7.18. The van der Waals surface area contributed by atoms with Crippen LogP contribution in [0.2, 0.25) is 0 Å². The molecule has 20 heavy (non-hydrogen) atoms. The van der Waals surface area contributed by atoms with Gasteiger partial charge in [0.2, 0.25) is 5.91 Å². The zero-order chi connectivity index (χ0) is 14.5. The highest BCUT2D eigenvalue weighted by Gasteiger charge is 2.19. The molecule has 0 fully saturated rings. The van der Waals surface area contributed by atoms with E-state index in [0.717, 1.165) is 17.8 Å². The van der Waals surface area contributed by atoms with Crippen LogP contribution < -0.4 is 5.32 Å². The molecule has 0 saturated heterocycles. The molecule has 0 aliphatic rings. The lowest BCUT2D eigenvalue weighted by atomic mass is 10.2. The number of hydrogen-bond donors (Lipinski definition) is 2. The van der Waals surface area contributed by atoms with Gasteiger partial charge in [-0.25, -0.2) is 9.78 Å². The second kappa shape index (κ2) is 6.25. The van der Waals surface area contributed by atoms with Crippen molar-refractivity contribution in [3.63, 3.8) is 0 Å². The third-order valence-electron chi connectivity index (χ3n) is 2.50. The number of nitrogens with zero attached hydrogens (tertiary/aromatic N) is 2. The van der Waals surface area contributed by atoms with Crippen LogP contribution in [0.15, 0.2) is 24.5 Å². The second-order valence-electron chi connectivity index (χ2n) is 4.04. The van der Waals surface area contributed by atoms with Crippen LogP contribution in [0, 0.1) is 0 Å². The monoisotopic (exact) mass is 291 g/mol. The summed E-state index contributed by atoms with van der Waals surface area (Å²) in [7, 11) is 0. The molecule has 2 aromatic heterocycles. The molecular formula is C13H13N3O3S. The predicted octanol–water partition coefficient (Wildman–Crippen LogP) is 2.64. The molecule has 2 heterocycles. The molecule has 0 aliphatic heterocycles. The molecule has 6 nitrogen and oxygen atoms in total. The van der Waals surface area contributed by atoms with Gasteiger partial charge in [0.1, 0.15) is 4.88 Å². The second-order valence-corrected chi connectivity index (χ2v) is 5.04. The Hall–Kier alpha value is -2.28. The molecule has 0 aliphatic carbocycles. The quantitative estimate of drug-likeness (QED) is 0.883. The first-order chi connectivity index (χ1) is 9.61. The van der Waals surface area contributed by atoms with Crippen molar-refractivity contribution in [2.75, 3.05) is 5.32 Å². The summed E-state index contributed by atoms with van der Waals surface area (Å²) in [4.78, 5) is 31.0. The molecule has 2 rings (SSSR count). The molecule has 0 spiro atoms. The first kappa shape index (κ1) is 14.1. The maximum atomic E-state index is 11.5. The van der Waals surface area contributed by atoms with Gasteiger partial charge in [-0.15, -0.1) is 0 Å². The van der Waals surface area contributed by atoms with Crippen LogP contribution in [0.4, 0.5) is 5.13 Å². The molecule has 1 amide bonds. The highest BCUT2D eigenvalue weighted by atomic mass is 32.1. The Balaban J connectivity index is 2.34. The van der Waals surface area contributed by atoms with E-state index < -0.39 is 5.97 Å². The van der Waals surface area contributed by atoms with E-state index in [2.05, 4.69) is 15.3 Å². The number of carbonyl (C=O) groups is 2. The van der Waals surface area contributed by atoms with Gasteiger partial charge >= 0.3 is 5.97 Å². The first-order valence-electron chi connectivity index (χ1n) is 6.06. The van der Waals surface area contributed by atoms with Crippen LogP contribution in [-0.4, -0.2) is 27.0 Å². The zero-order valence-electron chi connectivity index (χ0n) is 10.8. The van der Waals surface area contributed by atoms with E-state index in [1.165, 1.54) is 0 Å². The van der Waals surface area contributed by atoms with Crippen molar-refractivity contribution >= 4 is 28.3 Å². The number of carboxylic acids is 1. The number of rotatable bonds is 5. The Morgan fingerprint density at radius 3 is 2.65 bits per heavy atom. The number of thiazole rings is 1. The summed E-state index contributed by atoms with van der Waals surface area (Å²) in [6.07, 6.45) is 4.23. The molecule has 0 unspecified atom stereocenters. The van der Waals surface area contributed by atoms with E-state index in [0.29, 0.717) is 22.8 Å². The molecular weight excluding hydrogens is 278 g/mol. The largest absolute Gasteiger partial charge is 0.477 e. The van der Waals surface area contributed by atoms with Gasteiger partial charge in [0, 0.05) is 24.4 Å². The molecule has 2 N–H and O–H groups in total. The lowest BCUT2D eigenvalue weighted by molar-refractivity contribution is -0.116. The average Bonchev–Trinajstić information content (AvgIpc) is 2.84. The fourth-order valence-corrected chi connectivity index (χ4v) is 2.48. The predicted molar refractivity (Wildman–Crippen MR) is 75.8 cm³/mol. The maximum absolute atomic E-state index is 11.5. The summed E-state index contributed by atoms with van der Waals surface area (Å²) < 4.78 is 0. The molecule has 7 heteroatoms. The molecule has 0 bridgehead atoms. The van der Waals surface area contributed by atoms with Crippen LogP contribution in [-0.2, 0) is 4.79 Å². The van der Waals surface area contributed by atoms with Crippen molar-refractivity contribution in [2.24, 2.45) is 0 Å². The van der Waals surface area contributed by atoms with Crippen LogP contribution in [0.5, 0.6) is 0 Å². The van der Waals surface area contributed by atoms with Gasteiger partial charge in [0.05, 0.1) is 5.69 Å². The summed E-state index contributed by atoms with van der Waals surface area (Å²) in [5.41, 5.74) is 1.00. The van der Waals surface area contributed by atoms with Crippen molar-refractivity contribution in [1.82, 2.24) is 9.97 Å². The number of aromatic nitrogens is 2. The molecule has 0 atom stereocenters. The Kier molecular flexibility index (Phi) is 4.41. The van der Waals surface area contributed by atoms with Crippen molar-refractivity contribution in [3.8, 4) is 11.3 Å². The van der Waals surface area contributed by atoms with Crippen LogP contribution >= 0.6 is 11.3 Å². The molecule has 0 saturated carbocycles. The number of nitrogens with one attached hydrogen (secondary N) is 1. The van der Waals surface area contributed by atoms with E-state index in [4.69, 9.17) is 0 Å². The molecule has 2 aromatic rings. The number of pyridine rings is 1. The van der Waals surface area contributed by atoms with Crippen LogP contribution in [0.25, 0.3) is 11.3 Å². The minimum Gasteiger partial charge on any atom is -0.477 e. The fraction of sp³-hybridized carbons (Fsp3) is 0.231. The van der Waals surface area contributed by atoms with Gasteiger partial charge in [-0.2, -0.15) is 0 Å². The highest BCUT2D eigenvalue weighted by Crippen LogP contribution is 2.30. The molecule has 104 valence electrons. The van der Waals surface area contributed by atoms with Gasteiger partial charge in [-0.05, 0) is 18.6 Å². The number of carboxylic acid groups (broad SMARTS) is 1. The van der Waals surface area contributed by atoms with Crippen LogP contribution in [0.1, 0.15) is 29.4 Å². The van der Waals surface area contributed by atoms with E-state index in [-0.39, 0.29) is 10.8 Å². The van der Waals surface area contributed by atoms with Crippen molar-refractivity contribution in [3.05, 3.63) is 29.4 Å². The number of amides is 1. The smallest absolute Gasteiger partial charge is 0.348 e. The zero-order valence-corrected chi connectivity index (χ0v) is 11.6. The Morgan fingerprint density at radius 1 is 1.35 bits per heavy atom. The summed E-state index contributed by atoms with van der Waals surface area (Å²) in [5.74, 6) is -1.23. The maximum Gasteiger partial charge on any atom is 0.348 e. The number of aromatic carboxylic acids is 1. The Labute approximate surface area is 119 Å². The first-order valence-corrected chi connectivity index (χ1v) is 6.87. The average molecular weight is 291 g/mol. The van der Waals surface area contributed by atoms with Gasteiger partial charge in [-0.1, -0.05) is 18.3 Å². The molecule has 0 radical (unpaired) electrons. The SMILES string of the molecule is CCCC(=O)Nc1nc(-c2ccncc2)c(C(=O)O)s1. The summed E-state index contributed by atoms with van der Waals surface area (Å²) in [6, 6.07) is 3.36. The standard InChI is InChI=1S/C13H13N3O3S/c1-2-3-9(17)15-13-16-10(11(20-13)12(18)19)8-4-6-14-7-5-8/h4-7H,2-3H2,1H3,(H,18,19)(H,15,16,17). The van der Waals surface area contributed by atoms with Crippen LogP contribution in [0.3, 0.4) is 0 Å². The lowest BCUT2D eigenvalue weighted by Gasteiger charge is -1.98. The molecule has 0 aromatic carbocycles. The van der Waals surface area contributed by atoms with E-state index in [9.17, 15) is 14.7 Å². The minimum absolute atomic E-state index is 0.1000. The fourth-order valence-electron chi connectivity index (χ4n) is 1.63. The van der Waals surface area contributed by atoms with E-state index in [1.807, 2.05) is 6.92 Å². The van der Waals surface area contributed by atoms with Gasteiger partial charge in [0.25, 0.3) is 0 Å². The number of hydrogen-bond acceptors (Lipinski definition) is 5. The third kappa shape index (κ3) is 3.18. The topological polar surface area (TPSA) is 92.2 Å². The van der Waals surface area contributed by atoms with E-state index in [1.54, 1.807) is 24.5 Å². The summed E-state index contributed by atoms with van der Waals surface area (Å²) in [6.45, 7) is 1.90.